The smallest absolute Gasteiger partial charge is 0.293 e. The van der Waals surface area contributed by atoms with Gasteiger partial charge in [0.25, 0.3) is 5.69 Å². The molecule has 0 radical (unpaired) electrons. The van der Waals surface area contributed by atoms with E-state index in [0.717, 1.165) is 22.0 Å². The van der Waals surface area contributed by atoms with Gasteiger partial charge in [0, 0.05) is 16.7 Å². The molecule has 110 valence electrons. The number of methoxy groups -OCH3 is 1. The molecular formula is C14H13BrN2O3S. The summed E-state index contributed by atoms with van der Waals surface area (Å²) >= 11 is 4.88. The van der Waals surface area contributed by atoms with Crippen molar-refractivity contribution in [2.24, 2.45) is 0 Å². The quantitative estimate of drug-likeness (QED) is 0.369. The van der Waals surface area contributed by atoms with Crippen molar-refractivity contribution in [1.29, 1.82) is 0 Å². The van der Waals surface area contributed by atoms with Crippen LogP contribution in [0.3, 0.4) is 0 Å². The van der Waals surface area contributed by atoms with Crippen molar-refractivity contribution in [3.05, 3.63) is 56.5 Å². The summed E-state index contributed by atoms with van der Waals surface area (Å²) in [4.78, 5) is 11.2. The highest BCUT2D eigenvalue weighted by atomic mass is 79.9. The van der Waals surface area contributed by atoms with E-state index in [1.54, 1.807) is 24.9 Å². The Morgan fingerprint density at radius 2 is 1.95 bits per heavy atom. The van der Waals surface area contributed by atoms with Gasteiger partial charge in [-0.2, -0.15) is 0 Å². The molecule has 0 aromatic heterocycles. The number of nitrogen functional groups attached to an aromatic ring is 1. The van der Waals surface area contributed by atoms with Gasteiger partial charge in [0.2, 0.25) is 0 Å². The monoisotopic (exact) mass is 368 g/mol. The van der Waals surface area contributed by atoms with Gasteiger partial charge in [-0.3, -0.25) is 10.1 Å². The molecule has 0 heterocycles. The van der Waals surface area contributed by atoms with Gasteiger partial charge in [-0.15, -0.1) is 11.8 Å². The molecule has 5 nitrogen and oxygen atoms in total. The highest BCUT2D eigenvalue weighted by Crippen LogP contribution is 2.38. The zero-order chi connectivity index (χ0) is 15.4. The third-order valence-electron chi connectivity index (χ3n) is 2.87. The third-order valence-corrected chi connectivity index (χ3v) is 5.12. The normalized spacial score (nSPS) is 10.4. The highest BCUT2D eigenvalue weighted by molar-refractivity contribution is 9.10. The SMILES string of the molecule is COc1ccc(CSc2ccc([N+](=O)[O-])c(N)c2Br)cc1. The van der Waals surface area contributed by atoms with Gasteiger partial charge in [0.05, 0.1) is 16.5 Å². The Morgan fingerprint density at radius 3 is 2.52 bits per heavy atom. The van der Waals surface area contributed by atoms with E-state index >= 15 is 0 Å². The number of rotatable bonds is 5. The van der Waals surface area contributed by atoms with E-state index in [1.807, 2.05) is 24.3 Å². The number of hydrogen-bond acceptors (Lipinski definition) is 5. The predicted octanol–water partition coefficient (Wildman–Crippen LogP) is 4.24. The number of nitrogens with zero attached hydrogens (tertiary/aromatic N) is 1. The molecule has 0 bridgehead atoms. The molecule has 0 amide bonds. The predicted molar refractivity (Wildman–Crippen MR) is 87.8 cm³/mol. The molecule has 2 aromatic carbocycles. The van der Waals surface area contributed by atoms with E-state index in [9.17, 15) is 10.1 Å². The molecule has 0 saturated heterocycles. The van der Waals surface area contributed by atoms with Crippen molar-refractivity contribution in [2.45, 2.75) is 10.6 Å². The van der Waals surface area contributed by atoms with Crippen molar-refractivity contribution in [1.82, 2.24) is 0 Å². The van der Waals surface area contributed by atoms with E-state index in [2.05, 4.69) is 15.9 Å². The maximum atomic E-state index is 10.8. The van der Waals surface area contributed by atoms with Crippen LogP contribution < -0.4 is 10.5 Å². The summed E-state index contributed by atoms with van der Waals surface area (Å²) in [6.07, 6.45) is 0. The van der Waals surface area contributed by atoms with E-state index in [1.165, 1.54) is 6.07 Å². The molecule has 7 heteroatoms. The lowest BCUT2D eigenvalue weighted by molar-refractivity contribution is -0.384. The van der Waals surface area contributed by atoms with Crippen molar-refractivity contribution in [2.75, 3.05) is 12.8 Å². The largest absolute Gasteiger partial charge is 0.497 e. The molecule has 0 atom stereocenters. The summed E-state index contributed by atoms with van der Waals surface area (Å²) in [5, 5.41) is 10.8. The molecule has 0 saturated carbocycles. The first-order chi connectivity index (χ1) is 10.0. The topological polar surface area (TPSA) is 78.4 Å². The Bertz CT molecular complexity index is 662. The lowest BCUT2D eigenvalue weighted by Gasteiger charge is -2.08. The lowest BCUT2D eigenvalue weighted by atomic mass is 10.2. The lowest BCUT2D eigenvalue weighted by Crippen LogP contribution is -1.97. The average Bonchev–Trinajstić information content (AvgIpc) is 2.49. The molecule has 0 fully saturated rings. The number of hydrogen-bond donors (Lipinski definition) is 1. The maximum Gasteiger partial charge on any atom is 0.293 e. The number of thioether (sulfide) groups is 1. The molecule has 2 aromatic rings. The number of halogens is 1. The van der Waals surface area contributed by atoms with Crippen molar-refractivity contribution in [3.63, 3.8) is 0 Å². The van der Waals surface area contributed by atoms with Crippen LogP contribution in [-0.4, -0.2) is 12.0 Å². The van der Waals surface area contributed by atoms with E-state index in [4.69, 9.17) is 10.5 Å². The Balaban J connectivity index is 2.12. The minimum Gasteiger partial charge on any atom is -0.497 e. The summed E-state index contributed by atoms with van der Waals surface area (Å²) in [7, 11) is 1.63. The molecule has 2 rings (SSSR count). The molecule has 0 aliphatic carbocycles. The number of nitro benzene ring substituents is 1. The van der Waals surface area contributed by atoms with Crippen LogP contribution >= 0.6 is 27.7 Å². The number of nitrogens with two attached hydrogens (primary N) is 1. The van der Waals surface area contributed by atoms with Gasteiger partial charge in [0.1, 0.15) is 11.4 Å². The van der Waals surface area contributed by atoms with Crippen LogP contribution in [0.4, 0.5) is 11.4 Å². The highest BCUT2D eigenvalue weighted by Gasteiger charge is 2.16. The van der Waals surface area contributed by atoms with Crippen LogP contribution in [0.5, 0.6) is 5.75 Å². The van der Waals surface area contributed by atoms with Gasteiger partial charge >= 0.3 is 0 Å². The van der Waals surface area contributed by atoms with Crippen LogP contribution in [0.25, 0.3) is 0 Å². The standard InChI is InChI=1S/C14H13BrN2O3S/c1-20-10-4-2-9(3-5-10)8-21-12-7-6-11(17(18)19)14(16)13(12)15/h2-7H,8,16H2,1H3. The van der Waals surface area contributed by atoms with Gasteiger partial charge in [0.15, 0.2) is 0 Å². The number of ether oxygens (including phenoxy) is 1. The second-order valence-corrected chi connectivity index (χ2v) is 6.01. The minimum atomic E-state index is -0.488. The van der Waals surface area contributed by atoms with Crippen molar-refractivity contribution in [3.8, 4) is 5.75 Å². The summed E-state index contributed by atoms with van der Waals surface area (Å²) in [6.45, 7) is 0. The molecule has 0 spiro atoms. The Hall–Kier alpha value is -1.73. The molecule has 0 aliphatic heterocycles. The number of benzene rings is 2. The molecular weight excluding hydrogens is 356 g/mol. The molecule has 21 heavy (non-hydrogen) atoms. The fourth-order valence-corrected chi connectivity index (χ4v) is 3.31. The van der Waals surface area contributed by atoms with Crippen LogP contribution in [0.15, 0.2) is 45.8 Å². The van der Waals surface area contributed by atoms with Gasteiger partial charge < -0.3 is 10.5 Å². The van der Waals surface area contributed by atoms with E-state index in [-0.39, 0.29) is 11.4 Å². The van der Waals surface area contributed by atoms with Crippen molar-refractivity contribution >= 4 is 39.1 Å². The van der Waals surface area contributed by atoms with E-state index < -0.39 is 4.92 Å². The van der Waals surface area contributed by atoms with Crippen LogP contribution in [0.2, 0.25) is 0 Å². The summed E-state index contributed by atoms with van der Waals surface area (Å²) in [6, 6.07) is 10.9. The Labute approximate surface area is 134 Å². The number of nitro groups is 1. The first-order valence-corrected chi connectivity index (χ1v) is 7.79. The average molecular weight is 369 g/mol. The first-order valence-electron chi connectivity index (χ1n) is 6.01. The van der Waals surface area contributed by atoms with Crippen LogP contribution in [0.1, 0.15) is 5.56 Å². The summed E-state index contributed by atoms with van der Waals surface area (Å²) < 4.78 is 5.67. The van der Waals surface area contributed by atoms with Crippen LogP contribution in [-0.2, 0) is 5.75 Å². The Kier molecular flexibility index (Phi) is 5.08. The second-order valence-electron chi connectivity index (χ2n) is 4.20. The van der Waals surface area contributed by atoms with Crippen molar-refractivity contribution < 1.29 is 9.66 Å². The Morgan fingerprint density at radius 1 is 1.29 bits per heavy atom. The fourth-order valence-electron chi connectivity index (χ4n) is 1.72. The maximum absolute atomic E-state index is 10.8. The van der Waals surface area contributed by atoms with Gasteiger partial charge in [-0.1, -0.05) is 12.1 Å². The van der Waals surface area contributed by atoms with Gasteiger partial charge in [-0.25, -0.2) is 0 Å². The molecule has 0 aliphatic rings. The van der Waals surface area contributed by atoms with E-state index in [0.29, 0.717) is 4.47 Å². The van der Waals surface area contributed by atoms with Crippen LogP contribution in [0, 0.1) is 10.1 Å². The summed E-state index contributed by atoms with van der Waals surface area (Å²) in [5.41, 5.74) is 6.97. The minimum absolute atomic E-state index is 0.0873. The third kappa shape index (κ3) is 3.68. The first kappa shape index (κ1) is 15.7. The summed E-state index contributed by atoms with van der Waals surface area (Å²) in [5.74, 6) is 1.55. The molecule has 2 N–H and O–H groups in total. The molecule has 0 unspecified atom stereocenters. The second kappa shape index (κ2) is 6.82. The fraction of sp³-hybridized carbons (Fsp3) is 0.143. The van der Waals surface area contributed by atoms with Gasteiger partial charge in [-0.05, 0) is 39.7 Å². The number of anilines is 1. The zero-order valence-corrected chi connectivity index (χ0v) is 13.6. The zero-order valence-electron chi connectivity index (χ0n) is 11.2.